The third kappa shape index (κ3) is 4.66. The number of sulfonamides is 1. The van der Waals surface area contributed by atoms with Crippen LogP contribution in [-0.2, 0) is 10.0 Å². The Morgan fingerprint density at radius 3 is 2.71 bits per heavy atom. The molecule has 17 heavy (non-hydrogen) atoms. The number of rotatable bonds is 6. The number of halogens is 1. The number of benzene rings is 1. The fraction of sp³-hybridized carbons (Fsp3) is 0.500. The summed E-state index contributed by atoms with van der Waals surface area (Å²) in [4.78, 5) is 0.306. The molecule has 0 aromatic heterocycles. The van der Waals surface area contributed by atoms with E-state index in [1.807, 2.05) is 19.9 Å². The minimum absolute atomic E-state index is 0.0233. The van der Waals surface area contributed by atoms with Crippen LogP contribution in [0.2, 0.25) is 0 Å². The van der Waals surface area contributed by atoms with Crippen molar-refractivity contribution in [2.24, 2.45) is 0 Å². The van der Waals surface area contributed by atoms with Gasteiger partial charge >= 0.3 is 0 Å². The van der Waals surface area contributed by atoms with Crippen molar-refractivity contribution in [2.75, 3.05) is 6.54 Å². The Morgan fingerprint density at radius 2 is 2.12 bits per heavy atom. The second kappa shape index (κ2) is 6.38. The van der Waals surface area contributed by atoms with Gasteiger partial charge in [0.2, 0.25) is 10.0 Å². The lowest BCUT2D eigenvalue weighted by atomic mass is 10.2. The smallest absolute Gasteiger partial charge is 0.211 e. The van der Waals surface area contributed by atoms with Gasteiger partial charge in [-0.3, -0.25) is 0 Å². The molecule has 0 spiro atoms. The lowest BCUT2D eigenvalue weighted by Gasteiger charge is -2.09. The van der Waals surface area contributed by atoms with Gasteiger partial charge in [0.15, 0.2) is 0 Å². The summed E-state index contributed by atoms with van der Waals surface area (Å²) in [5, 5.41) is 0.0233. The van der Waals surface area contributed by atoms with Crippen LogP contribution in [0.1, 0.15) is 25.3 Å². The highest BCUT2D eigenvalue weighted by atomic mass is 35.5. The molecule has 5 heteroatoms. The van der Waals surface area contributed by atoms with Gasteiger partial charge in [0.25, 0.3) is 0 Å². The zero-order chi connectivity index (χ0) is 12.9. The van der Waals surface area contributed by atoms with Crippen molar-refractivity contribution in [1.82, 2.24) is 4.72 Å². The first-order chi connectivity index (χ1) is 7.95. The van der Waals surface area contributed by atoms with Crippen molar-refractivity contribution in [2.45, 2.75) is 37.0 Å². The summed E-state index contributed by atoms with van der Waals surface area (Å²) in [5.41, 5.74) is 0.927. The molecule has 1 atom stereocenters. The van der Waals surface area contributed by atoms with E-state index in [0.717, 1.165) is 12.0 Å². The molecule has 0 heterocycles. The van der Waals surface area contributed by atoms with Crippen LogP contribution in [-0.4, -0.2) is 20.3 Å². The molecule has 1 aromatic carbocycles. The second-order valence-corrected chi connectivity index (χ2v) is 6.39. The zero-order valence-electron chi connectivity index (χ0n) is 10.1. The molecule has 0 saturated carbocycles. The second-order valence-electron chi connectivity index (χ2n) is 4.01. The normalized spacial score (nSPS) is 13.6. The van der Waals surface area contributed by atoms with Crippen LogP contribution in [0.5, 0.6) is 0 Å². The van der Waals surface area contributed by atoms with Crippen molar-refractivity contribution < 1.29 is 8.42 Å². The number of nitrogens with one attached hydrogen (secondary N) is 1. The summed E-state index contributed by atoms with van der Waals surface area (Å²) in [6.45, 7) is 4.22. The Kier molecular flexibility index (Phi) is 5.43. The van der Waals surface area contributed by atoms with E-state index in [0.29, 0.717) is 17.9 Å². The summed E-state index contributed by atoms with van der Waals surface area (Å²) in [6, 6.07) is 6.85. The van der Waals surface area contributed by atoms with Gasteiger partial charge in [0.05, 0.1) is 4.90 Å². The fourth-order valence-electron chi connectivity index (χ4n) is 1.42. The van der Waals surface area contributed by atoms with Crippen LogP contribution in [0, 0.1) is 6.92 Å². The Hall–Kier alpha value is -0.580. The molecule has 0 aliphatic heterocycles. The van der Waals surface area contributed by atoms with Gasteiger partial charge < -0.3 is 0 Å². The first-order valence-electron chi connectivity index (χ1n) is 5.66. The lowest BCUT2D eigenvalue weighted by Crippen LogP contribution is -2.26. The Labute approximate surface area is 108 Å². The van der Waals surface area contributed by atoms with Crippen molar-refractivity contribution >= 4 is 21.6 Å². The molecule has 1 N–H and O–H groups in total. The van der Waals surface area contributed by atoms with Gasteiger partial charge in [-0.15, -0.1) is 11.6 Å². The molecule has 0 bridgehead atoms. The topological polar surface area (TPSA) is 46.2 Å². The number of aryl methyl sites for hydroxylation is 1. The first-order valence-corrected chi connectivity index (χ1v) is 7.58. The van der Waals surface area contributed by atoms with Crippen molar-refractivity contribution in [3.05, 3.63) is 29.8 Å². The highest BCUT2D eigenvalue weighted by Gasteiger charge is 2.13. The maximum Gasteiger partial charge on any atom is 0.240 e. The van der Waals surface area contributed by atoms with E-state index < -0.39 is 10.0 Å². The maximum absolute atomic E-state index is 11.9. The molecule has 3 nitrogen and oxygen atoms in total. The molecule has 0 fully saturated rings. The average Bonchev–Trinajstić information content (AvgIpc) is 2.28. The minimum Gasteiger partial charge on any atom is -0.211 e. The number of hydrogen-bond donors (Lipinski definition) is 1. The largest absolute Gasteiger partial charge is 0.240 e. The molecule has 96 valence electrons. The van der Waals surface area contributed by atoms with E-state index in [2.05, 4.69) is 4.72 Å². The number of alkyl halides is 1. The van der Waals surface area contributed by atoms with Crippen LogP contribution in [0.3, 0.4) is 0 Å². The Morgan fingerprint density at radius 1 is 1.41 bits per heavy atom. The summed E-state index contributed by atoms with van der Waals surface area (Å²) >= 11 is 5.93. The highest BCUT2D eigenvalue weighted by molar-refractivity contribution is 7.89. The third-order valence-electron chi connectivity index (χ3n) is 2.49. The molecular formula is C12H18ClNO2S. The van der Waals surface area contributed by atoms with E-state index >= 15 is 0 Å². The van der Waals surface area contributed by atoms with Gasteiger partial charge in [0.1, 0.15) is 0 Å². The standard InChI is InChI=1S/C12H18ClNO2S/c1-3-11(13)7-8-14-17(15,16)12-6-4-5-10(2)9-12/h4-6,9,11,14H,3,7-8H2,1-2H3. The van der Waals surface area contributed by atoms with Gasteiger partial charge in [-0.25, -0.2) is 13.1 Å². The summed E-state index contributed by atoms with van der Waals surface area (Å²) in [5.74, 6) is 0. The molecule has 1 unspecified atom stereocenters. The molecule has 1 rings (SSSR count). The predicted molar refractivity (Wildman–Crippen MR) is 70.9 cm³/mol. The van der Waals surface area contributed by atoms with E-state index in [4.69, 9.17) is 11.6 Å². The molecule has 0 aliphatic carbocycles. The Balaban J connectivity index is 2.63. The average molecular weight is 276 g/mol. The fourth-order valence-corrected chi connectivity index (χ4v) is 2.68. The molecule has 0 aliphatic rings. The van der Waals surface area contributed by atoms with Crippen LogP contribution in [0.25, 0.3) is 0 Å². The molecule has 0 amide bonds. The van der Waals surface area contributed by atoms with E-state index in [1.54, 1.807) is 18.2 Å². The van der Waals surface area contributed by atoms with Crippen molar-refractivity contribution in [3.8, 4) is 0 Å². The van der Waals surface area contributed by atoms with Crippen LogP contribution < -0.4 is 4.72 Å². The van der Waals surface area contributed by atoms with E-state index in [1.165, 1.54) is 0 Å². The quantitative estimate of drug-likeness (QED) is 0.812. The first kappa shape index (κ1) is 14.5. The molecule has 0 radical (unpaired) electrons. The lowest BCUT2D eigenvalue weighted by molar-refractivity contribution is 0.576. The van der Waals surface area contributed by atoms with Crippen LogP contribution >= 0.6 is 11.6 Å². The highest BCUT2D eigenvalue weighted by Crippen LogP contribution is 2.11. The minimum atomic E-state index is -3.40. The van der Waals surface area contributed by atoms with Crippen LogP contribution in [0.15, 0.2) is 29.2 Å². The van der Waals surface area contributed by atoms with Gasteiger partial charge in [0, 0.05) is 11.9 Å². The van der Waals surface area contributed by atoms with Gasteiger partial charge in [-0.1, -0.05) is 19.1 Å². The molecule has 1 aromatic rings. The number of hydrogen-bond acceptors (Lipinski definition) is 2. The predicted octanol–water partition coefficient (Wildman–Crippen LogP) is 2.68. The SMILES string of the molecule is CCC(Cl)CCNS(=O)(=O)c1cccc(C)c1. The summed E-state index contributed by atoms with van der Waals surface area (Å²) < 4.78 is 26.4. The monoisotopic (exact) mass is 275 g/mol. The van der Waals surface area contributed by atoms with Crippen LogP contribution in [0.4, 0.5) is 0 Å². The van der Waals surface area contributed by atoms with Crippen molar-refractivity contribution in [1.29, 1.82) is 0 Å². The van der Waals surface area contributed by atoms with Gasteiger partial charge in [-0.2, -0.15) is 0 Å². The third-order valence-corrected chi connectivity index (χ3v) is 4.48. The van der Waals surface area contributed by atoms with Gasteiger partial charge in [-0.05, 0) is 37.5 Å². The summed E-state index contributed by atoms with van der Waals surface area (Å²) in [7, 11) is -3.40. The van der Waals surface area contributed by atoms with E-state index in [9.17, 15) is 8.42 Å². The molecular weight excluding hydrogens is 258 g/mol. The van der Waals surface area contributed by atoms with E-state index in [-0.39, 0.29) is 5.38 Å². The zero-order valence-corrected chi connectivity index (χ0v) is 11.7. The Bertz CT molecular complexity index is 459. The van der Waals surface area contributed by atoms with Crippen molar-refractivity contribution in [3.63, 3.8) is 0 Å². The summed E-state index contributed by atoms with van der Waals surface area (Å²) in [6.07, 6.45) is 1.48. The maximum atomic E-state index is 11.9. The molecule has 0 saturated heterocycles.